The van der Waals surface area contributed by atoms with E-state index in [0.717, 1.165) is 37.2 Å². The van der Waals surface area contributed by atoms with Gasteiger partial charge in [0.1, 0.15) is 0 Å². The summed E-state index contributed by atoms with van der Waals surface area (Å²) in [5.74, 6) is 0.569. The first-order chi connectivity index (χ1) is 9.60. The third-order valence-corrected chi connectivity index (χ3v) is 4.19. The van der Waals surface area contributed by atoms with E-state index in [4.69, 9.17) is 5.73 Å². The van der Waals surface area contributed by atoms with Gasteiger partial charge in [0.05, 0.1) is 6.54 Å². The molecule has 4 heteroatoms. The molecule has 1 aliphatic rings. The minimum Gasteiger partial charge on any atom is -0.327 e. The molecule has 0 radical (unpaired) electrons. The molecule has 1 aromatic carbocycles. The SMILES string of the molecule is CCC1CN(CC(=O)Nc2ccccc2C)CCC1N. The number of rotatable bonds is 4. The van der Waals surface area contributed by atoms with Crippen LogP contribution in [0.4, 0.5) is 5.69 Å². The number of nitrogens with two attached hydrogens (primary N) is 1. The first kappa shape index (κ1) is 15.0. The lowest BCUT2D eigenvalue weighted by Crippen LogP contribution is -2.48. The molecule has 1 aromatic rings. The summed E-state index contributed by atoms with van der Waals surface area (Å²) in [5.41, 5.74) is 8.09. The van der Waals surface area contributed by atoms with Crippen LogP contribution in [0.15, 0.2) is 24.3 Å². The highest BCUT2D eigenvalue weighted by atomic mass is 16.2. The lowest BCUT2D eigenvalue weighted by Gasteiger charge is -2.36. The number of carbonyl (C=O) groups excluding carboxylic acids is 1. The monoisotopic (exact) mass is 275 g/mol. The van der Waals surface area contributed by atoms with E-state index in [1.165, 1.54) is 0 Å². The van der Waals surface area contributed by atoms with Crippen molar-refractivity contribution < 1.29 is 4.79 Å². The number of carbonyl (C=O) groups is 1. The Bertz CT molecular complexity index is 461. The van der Waals surface area contributed by atoms with Gasteiger partial charge < -0.3 is 11.1 Å². The molecular weight excluding hydrogens is 250 g/mol. The Labute approximate surface area is 121 Å². The number of para-hydroxylation sites is 1. The lowest BCUT2D eigenvalue weighted by atomic mass is 9.91. The van der Waals surface area contributed by atoms with E-state index in [1.807, 2.05) is 31.2 Å². The fourth-order valence-corrected chi connectivity index (χ4v) is 2.81. The average molecular weight is 275 g/mol. The highest BCUT2D eigenvalue weighted by Gasteiger charge is 2.26. The van der Waals surface area contributed by atoms with Gasteiger partial charge in [0.2, 0.25) is 5.91 Å². The predicted molar refractivity (Wildman–Crippen MR) is 82.6 cm³/mol. The second kappa shape index (κ2) is 6.86. The Morgan fingerprint density at radius 3 is 2.90 bits per heavy atom. The molecule has 3 N–H and O–H groups in total. The van der Waals surface area contributed by atoms with Crippen molar-refractivity contribution in [3.8, 4) is 0 Å². The number of likely N-dealkylation sites (tertiary alicyclic amines) is 1. The Kier molecular flexibility index (Phi) is 5.15. The first-order valence-electron chi connectivity index (χ1n) is 7.43. The number of anilines is 1. The van der Waals surface area contributed by atoms with Crippen LogP contribution in [0.2, 0.25) is 0 Å². The van der Waals surface area contributed by atoms with Crippen molar-refractivity contribution in [2.45, 2.75) is 32.7 Å². The molecule has 4 nitrogen and oxygen atoms in total. The van der Waals surface area contributed by atoms with Gasteiger partial charge in [0.15, 0.2) is 0 Å². The number of amides is 1. The van der Waals surface area contributed by atoms with Gasteiger partial charge in [-0.25, -0.2) is 0 Å². The van der Waals surface area contributed by atoms with Gasteiger partial charge in [-0.2, -0.15) is 0 Å². The summed E-state index contributed by atoms with van der Waals surface area (Å²) >= 11 is 0. The second-order valence-electron chi connectivity index (χ2n) is 5.72. The molecular formula is C16H25N3O. The minimum atomic E-state index is 0.0598. The topological polar surface area (TPSA) is 58.4 Å². The third kappa shape index (κ3) is 3.81. The maximum Gasteiger partial charge on any atom is 0.238 e. The quantitative estimate of drug-likeness (QED) is 0.883. The lowest BCUT2D eigenvalue weighted by molar-refractivity contribution is -0.117. The summed E-state index contributed by atoms with van der Waals surface area (Å²) in [5, 5.41) is 2.99. The molecule has 1 saturated heterocycles. The summed E-state index contributed by atoms with van der Waals surface area (Å²) < 4.78 is 0. The fourth-order valence-electron chi connectivity index (χ4n) is 2.81. The summed E-state index contributed by atoms with van der Waals surface area (Å²) in [6.45, 7) is 6.47. The smallest absolute Gasteiger partial charge is 0.238 e. The largest absolute Gasteiger partial charge is 0.327 e. The van der Waals surface area contributed by atoms with E-state index >= 15 is 0 Å². The van der Waals surface area contributed by atoms with Crippen molar-refractivity contribution in [1.82, 2.24) is 4.90 Å². The second-order valence-corrected chi connectivity index (χ2v) is 5.72. The molecule has 2 unspecified atom stereocenters. The summed E-state index contributed by atoms with van der Waals surface area (Å²) in [7, 11) is 0. The molecule has 0 aromatic heterocycles. The number of nitrogens with one attached hydrogen (secondary N) is 1. The van der Waals surface area contributed by atoms with Crippen LogP contribution in [-0.4, -0.2) is 36.5 Å². The van der Waals surface area contributed by atoms with Crippen LogP contribution in [0.5, 0.6) is 0 Å². The maximum absolute atomic E-state index is 12.1. The summed E-state index contributed by atoms with van der Waals surface area (Å²) in [4.78, 5) is 14.3. The van der Waals surface area contributed by atoms with Crippen molar-refractivity contribution in [2.75, 3.05) is 25.0 Å². The van der Waals surface area contributed by atoms with Crippen LogP contribution in [0.25, 0.3) is 0 Å². The van der Waals surface area contributed by atoms with Crippen LogP contribution >= 0.6 is 0 Å². The molecule has 1 fully saturated rings. The average Bonchev–Trinajstić information content (AvgIpc) is 2.43. The predicted octanol–water partition coefficient (Wildman–Crippen LogP) is 1.99. The van der Waals surface area contributed by atoms with Crippen molar-refractivity contribution in [3.63, 3.8) is 0 Å². The number of piperidine rings is 1. The Balaban J connectivity index is 1.87. The zero-order chi connectivity index (χ0) is 14.5. The Hall–Kier alpha value is -1.39. The van der Waals surface area contributed by atoms with Gasteiger partial charge in [0, 0.05) is 24.8 Å². The van der Waals surface area contributed by atoms with E-state index in [2.05, 4.69) is 17.1 Å². The van der Waals surface area contributed by atoms with E-state index in [1.54, 1.807) is 0 Å². The molecule has 2 atom stereocenters. The van der Waals surface area contributed by atoms with Gasteiger partial charge in [-0.15, -0.1) is 0 Å². The summed E-state index contributed by atoms with van der Waals surface area (Å²) in [6, 6.07) is 8.14. The van der Waals surface area contributed by atoms with Crippen LogP contribution in [0.3, 0.4) is 0 Å². The normalized spacial score (nSPS) is 23.6. The highest BCUT2D eigenvalue weighted by Crippen LogP contribution is 2.18. The van der Waals surface area contributed by atoms with Crippen molar-refractivity contribution in [3.05, 3.63) is 29.8 Å². The number of hydrogen-bond donors (Lipinski definition) is 2. The number of nitrogens with zero attached hydrogens (tertiary/aromatic N) is 1. The Morgan fingerprint density at radius 1 is 1.45 bits per heavy atom. The third-order valence-electron chi connectivity index (χ3n) is 4.19. The molecule has 0 spiro atoms. The molecule has 1 amide bonds. The first-order valence-corrected chi connectivity index (χ1v) is 7.43. The van der Waals surface area contributed by atoms with E-state index in [9.17, 15) is 4.79 Å². The number of hydrogen-bond acceptors (Lipinski definition) is 3. The molecule has 1 aliphatic heterocycles. The maximum atomic E-state index is 12.1. The molecule has 0 aliphatic carbocycles. The van der Waals surface area contributed by atoms with Crippen molar-refractivity contribution in [2.24, 2.45) is 11.7 Å². The van der Waals surface area contributed by atoms with Crippen molar-refractivity contribution in [1.29, 1.82) is 0 Å². The molecule has 1 heterocycles. The minimum absolute atomic E-state index is 0.0598. The zero-order valence-corrected chi connectivity index (χ0v) is 12.4. The van der Waals surface area contributed by atoms with Crippen molar-refractivity contribution >= 4 is 11.6 Å². The van der Waals surface area contributed by atoms with Gasteiger partial charge in [-0.3, -0.25) is 9.69 Å². The van der Waals surface area contributed by atoms with Gasteiger partial charge in [0.25, 0.3) is 0 Å². The van der Waals surface area contributed by atoms with Crippen LogP contribution in [0.1, 0.15) is 25.3 Å². The number of benzene rings is 1. The van der Waals surface area contributed by atoms with E-state index in [-0.39, 0.29) is 11.9 Å². The molecule has 20 heavy (non-hydrogen) atoms. The van der Waals surface area contributed by atoms with E-state index in [0.29, 0.717) is 12.5 Å². The molecule has 0 saturated carbocycles. The molecule has 110 valence electrons. The highest BCUT2D eigenvalue weighted by molar-refractivity contribution is 5.92. The Morgan fingerprint density at radius 2 is 2.20 bits per heavy atom. The number of aryl methyl sites for hydroxylation is 1. The van der Waals surface area contributed by atoms with Gasteiger partial charge in [-0.1, -0.05) is 31.5 Å². The van der Waals surface area contributed by atoms with Crippen LogP contribution in [-0.2, 0) is 4.79 Å². The molecule has 2 rings (SSSR count). The molecule has 0 bridgehead atoms. The van der Waals surface area contributed by atoms with Crippen LogP contribution < -0.4 is 11.1 Å². The standard InChI is InChI=1S/C16H25N3O/c1-3-13-10-19(9-8-14(13)17)11-16(20)18-15-7-5-4-6-12(15)2/h4-7,13-14H,3,8-11,17H2,1-2H3,(H,18,20). The van der Waals surface area contributed by atoms with E-state index < -0.39 is 0 Å². The fraction of sp³-hybridized carbons (Fsp3) is 0.562. The van der Waals surface area contributed by atoms with Gasteiger partial charge >= 0.3 is 0 Å². The summed E-state index contributed by atoms with van der Waals surface area (Å²) in [6.07, 6.45) is 2.06. The van der Waals surface area contributed by atoms with Gasteiger partial charge in [-0.05, 0) is 30.9 Å². The van der Waals surface area contributed by atoms with Crippen LogP contribution in [0, 0.1) is 12.8 Å². The zero-order valence-electron chi connectivity index (χ0n) is 12.4.